The second kappa shape index (κ2) is 8.69. The Kier molecular flexibility index (Phi) is 5.67. The van der Waals surface area contributed by atoms with E-state index in [1.54, 1.807) is 4.90 Å². The first-order valence-electron chi connectivity index (χ1n) is 11.8. The number of rotatable bonds is 3. The summed E-state index contributed by atoms with van der Waals surface area (Å²) in [5.74, 6) is 0.931. The van der Waals surface area contributed by atoms with E-state index >= 15 is 0 Å². The summed E-state index contributed by atoms with van der Waals surface area (Å²) in [6.45, 7) is 6.73. The third-order valence-corrected chi connectivity index (χ3v) is 6.00. The maximum atomic E-state index is 12.5. The molecule has 1 aromatic carbocycles. The van der Waals surface area contributed by atoms with E-state index in [1.807, 2.05) is 74.9 Å². The van der Waals surface area contributed by atoms with Gasteiger partial charge in [-0.25, -0.2) is 9.78 Å². The van der Waals surface area contributed by atoms with E-state index in [1.165, 1.54) is 0 Å². The third-order valence-electron chi connectivity index (χ3n) is 6.00. The van der Waals surface area contributed by atoms with Gasteiger partial charge in [0.2, 0.25) is 0 Å². The Morgan fingerprint density at radius 2 is 1.91 bits per heavy atom. The second-order valence-electron chi connectivity index (χ2n) is 10.0. The fourth-order valence-electron chi connectivity index (χ4n) is 4.25. The van der Waals surface area contributed by atoms with Crippen molar-refractivity contribution in [2.24, 2.45) is 0 Å². The minimum Gasteiger partial charge on any atom is -0.444 e. The first-order chi connectivity index (χ1) is 16.7. The van der Waals surface area contributed by atoms with Crippen molar-refractivity contribution in [3.63, 3.8) is 0 Å². The monoisotopic (exact) mass is 470 g/mol. The van der Waals surface area contributed by atoms with Crippen LogP contribution < -0.4 is 4.90 Å². The Labute approximate surface area is 204 Å². The molecule has 1 amide bonds. The van der Waals surface area contributed by atoms with Crippen LogP contribution in [-0.2, 0) is 4.74 Å². The predicted molar refractivity (Wildman–Crippen MR) is 138 cm³/mol. The van der Waals surface area contributed by atoms with Crippen molar-refractivity contribution in [1.29, 1.82) is 0 Å². The van der Waals surface area contributed by atoms with Crippen molar-refractivity contribution >= 4 is 34.0 Å². The lowest BCUT2D eigenvalue weighted by molar-refractivity contribution is 0.0270. The van der Waals surface area contributed by atoms with E-state index in [0.717, 1.165) is 44.8 Å². The second-order valence-corrected chi connectivity index (χ2v) is 10.0. The number of carbonyl (C=O) groups excluding carboxylic acids is 1. The van der Waals surface area contributed by atoms with Crippen molar-refractivity contribution < 1.29 is 9.53 Å². The normalized spacial score (nSPS) is 14.3. The van der Waals surface area contributed by atoms with Crippen molar-refractivity contribution in [1.82, 2.24) is 24.5 Å². The summed E-state index contributed by atoms with van der Waals surface area (Å²) in [4.78, 5) is 25.9. The minimum absolute atomic E-state index is 0.285. The van der Waals surface area contributed by atoms with Gasteiger partial charge in [-0.15, -0.1) is 0 Å². The Morgan fingerprint density at radius 1 is 1.11 bits per heavy atom. The highest BCUT2D eigenvalue weighted by Crippen LogP contribution is 2.31. The van der Waals surface area contributed by atoms with Crippen LogP contribution in [0.4, 0.5) is 10.6 Å². The predicted octanol–water partition coefficient (Wildman–Crippen LogP) is 5.03. The van der Waals surface area contributed by atoms with Gasteiger partial charge in [-0.3, -0.25) is 4.98 Å². The average Bonchev–Trinajstić information content (AvgIpc) is 3.26. The number of benzene rings is 1. The molecule has 0 unspecified atom stereocenters. The zero-order valence-corrected chi connectivity index (χ0v) is 20.8. The number of nitrogens with zero attached hydrogens (tertiary/aromatic N) is 6. The standard InChI is InChI=1S/C27H30N6O2/c1-27(2,3)35-26(34)32-12-10-18(11-13-32)23-15-24(31(4)5)33-25(30-23)21(17-29-33)20-14-19-8-6-7-9-22(19)28-16-20/h6-10,14-17H,11-13H2,1-5H3. The summed E-state index contributed by atoms with van der Waals surface area (Å²) in [6.07, 6.45) is 6.22. The largest absolute Gasteiger partial charge is 0.444 e. The number of para-hydroxylation sites is 1. The van der Waals surface area contributed by atoms with Crippen LogP contribution in [0.25, 0.3) is 33.3 Å². The molecule has 1 aliphatic rings. The zero-order chi connectivity index (χ0) is 24.7. The Hall–Kier alpha value is -3.94. The summed E-state index contributed by atoms with van der Waals surface area (Å²) in [5, 5.41) is 5.72. The number of anilines is 1. The molecule has 0 saturated carbocycles. The number of pyridine rings is 1. The van der Waals surface area contributed by atoms with Crippen molar-refractivity contribution in [2.45, 2.75) is 32.8 Å². The van der Waals surface area contributed by atoms with Gasteiger partial charge in [0, 0.05) is 56.0 Å². The number of ether oxygens (including phenoxy) is 1. The number of fused-ring (bicyclic) bond motifs is 2. The third kappa shape index (κ3) is 4.56. The van der Waals surface area contributed by atoms with Crippen LogP contribution in [0.15, 0.2) is 54.9 Å². The molecule has 35 heavy (non-hydrogen) atoms. The summed E-state index contributed by atoms with van der Waals surface area (Å²) in [5.41, 5.74) is 5.13. The van der Waals surface area contributed by atoms with Gasteiger partial charge in [0.05, 0.1) is 17.4 Å². The number of aromatic nitrogens is 4. The molecule has 0 radical (unpaired) electrons. The summed E-state index contributed by atoms with van der Waals surface area (Å²) < 4.78 is 7.39. The molecule has 5 rings (SSSR count). The Bertz CT molecular complexity index is 1450. The van der Waals surface area contributed by atoms with Crippen LogP contribution in [0, 0.1) is 0 Å². The Balaban J connectivity index is 1.53. The van der Waals surface area contributed by atoms with Crippen molar-refractivity contribution in [2.75, 3.05) is 32.1 Å². The number of amides is 1. The van der Waals surface area contributed by atoms with Crippen LogP contribution in [0.3, 0.4) is 0 Å². The molecule has 0 spiro atoms. The number of hydrogen-bond acceptors (Lipinski definition) is 6. The van der Waals surface area contributed by atoms with Crippen molar-refractivity contribution in [3.05, 3.63) is 60.6 Å². The van der Waals surface area contributed by atoms with E-state index in [0.29, 0.717) is 19.5 Å². The van der Waals surface area contributed by atoms with E-state index in [9.17, 15) is 4.79 Å². The van der Waals surface area contributed by atoms with Gasteiger partial charge in [-0.05, 0) is 44.9 Å². The van der Waals surface area contributed by atoms with E-state index in [4.69, 9.17) is 9.72 Å². The molecule has 180 valence electrons. The van der Waals surface area contributed by atoms with Gasteiger partial charge in [0.1, 0.15) is 11.4 Å². The summed E-state index contributed by atoms with van der Waals surface area (Å²) in [6, 6.07) is 12.2. The SMILES string of the molecule is CN(C)c1cc(C2=CCN(C(=O)OC(C)(C)C)CC2)nc2c(-c3cnc4ccccc4c3)cnn12. The maximum Gasteiger partial charge on any atom is 0.410 e. The maximum absolute atomic E-state index is 12.5. The molecule has 3 aromatic heterocycles. The van der Waals surface area contributed by atoms with Crippen LogP contribution in [0.1, 0.15) is 32.9 Å². The summed E-state index contributed by atoms with van der Waals surface area (Å²) in [7, 11) is 3.99. The molecule has 0 N–H and O–H groups in total. The smallest absolute Gasteiger partial charge is 0.410 e. The fourth-order valence-corrected chi connectivity index (χ4v) is 4.25. The highest BCUT2D eigenvalue weighted by atomic mass is 16.6. The van der Waals surface area contributed by atoms with Gasteiger partial charge in [-0.1, -0.05) is 24.3 Å². The van der Waals surface area contributed by atoms with E-state index < -0.39 is 5.60 Å². The van der Waals surface area contributed by atoms with Crippen LogP contribution >= 0.6 is 0 Å². The lowest BCUT2D eigenvalue weighted by Crippen LogP contribution is -2.39. The minimum atomic E-state index is -0.510. The van der Waals surface area contributed by atoms with E-state index in [-0.39, 0.29) is 6.09 Å². The van der Waals surface area contributed by atoms with Crippen molar-refractivity contribution in [3.8, 4) is 11.1 Å². The molecule has 0 atom stereocenters. The average molecular weight is 471 g/mol. The molecular weight excluding hydrogens is 440 g/mol. The van der Waals surface area contributed by atoms with Gasteiger partial charge in [-0.2, -0.15) is 9.61 Å². The Morgan fingerprint density at radius 3 is 2.63 bits per heavy atom. The van der Waals surface area contributed by atoms with E-state index in [2.05, 4.69) is 34.4 Å². The van der Waals surface area contributed by atoms with Crippen LogP contribution in [-0.4, -0.2) is 63.4 Å². The first kappa shape index (κ1) is 22.8. The quantitative estimate of drug-likeness (QED) is 0.418. The first-order valence-corrected chi connectivity index (χ1v) is 11.8. The topological polar surface area (TPSA) is 75.9 Å². The van der Waals surface area contributed by atoms with Gasteiger partial charge in [0.25, 0.3) is 0 Å². The van der Waals surface area contributed by atoms with Crippen LogP contribution in [0.2, 0.25) is 0 Å². The lowest BCUT2D eigenvalue weighted by Gasteiger charge is -2.29. The molecule has 0 fully saturated rings. The molecule has 4 aromatic rings. The highest BCUT2D eigenvalue weighted by Gasteiger charge is 2.25. The molecule has 0 aliphatic carbocycles. The molecule has 4 heterocycles. The number of carbonyl (C=O) groups is 1. The molecule has 0 bridgehead atoms. The van der Waals surface area contributed by atoms with Gasteiger partial charge in [0.15, 0.2) is 5.65 Å². The lowest BCUT2D eigenvalue weighted by atomic mass is 10.0. The van der Waals surface area contributed by atoms with Crippen LogP contribution in [0.5, 0.6) is 0 Å². The zero-order valence-electron chi connectivity index (χ0n) is 20.8. The highest BCUT2D eigenvalue weighted by molar-refractivity contribution is 5.87. The molecule has 8 nitrogen and oxygen atoms in total. The molecule has 8 heteroatoms. The molecular formula is C27H30N6O2. The van der Waals surface area contributed by atoms with Gasteiger partial charge >= 0.3 is 6.09 Å². The summed E-state index contributed by atoms with van der Waals surface area (Å²) >= 11 is 0. The van der Waals surface area contributed by atoms with Gasteiger partial charge < -0.3 is 14.5 Å². The molecule has 1 aliphatic heterocycles. The molecule has 0 saturated heterocycles. The fraction of sp³-hybridized carbons (Fsp3) is 0.333. The number of hydrogen-bond donors (Lipinski definition) is 0.